The summed E-state index contributed by atoms with van der Waals surface area (Å²) < 4.78 is 5.60. The number of aryl methyl sites for hydroxylation is 2. The Morgan fingerprint density at radius 3 is 2.30 bits per heavy atom. The Hall–Kier alpha value is -3.09. The number of rotatable bonds is 5. The number of fused-ring (bicyclic) bond motifs is 1. The average molecular weight is 441 g/mol. The van der Waals surface area contributed by atoms with E-state index in [4.69, 9.17) is 27.9 Å². The van der Waals surface area contributed by atoms with Crippen molar-refractivity contribution in [2.45, 2.75) is 13.8 Å². The Morgan fingerprint density at radius 1 is 1.00 bits per heavy atom. The topological polar surface area (TPSA) is 69.0 Å². The highest BCUT2D eigenvalue weighted by Gasteiger charge is 2.13. The summed E-state index contributed by atoms with van der Waals surface area (Å²) in [6, 6.07) is 16.5. The third-order valence-electron chi connectivity index (χ3n) is 4.51. The molecule has 0 aliphatic rings. The molecule has 1 amide bonds. The molecule has 3 aromatic carbocycles. The molecule has 0 unspecified atom stereocenters. The van der Waals surface area contributed by atoms with E-state index in [0.717, 1.165) is 16.8 Å². The van der Waals surface area contributed by atoms with E-state index < -0.39 is 0 Å². The van der Waals surface area contributed by atoms with Crippen LogP contribution in [-0.2, 0) is 4.79 Å². The van der Waals surface area contributed by atoms with E-state index in [1.54, 1.807) is 24.3 Å². The maximum Gasteiger partial charge on any atom is 0.262 e. The lowest BCUT2D eigenvalue weighted by atomic mass is 10.1. The molecule has 0 saturated carbocycles. The van der Waals surface area contributed by atoms with Crippen LogP contribution in [0, 0.1) is 13.8 Å². The second-order valence-corrected chi connectivity index (χ2v) is 7.64. The van der Waals surface area contributed by atoms with E-state index in [0.29, 0.717) is 32.5 Å². The summed E-state index contributed by atoms with van der Waals surface area (Å²) in [5.74, 6) is 0.244. The van der Waals surface area contributed by atoms with Crippen molar-refractivity contribution in [2.24, 2.45) is 0 Å². The number of hydrogen-bond acceptors (Lipinski definition) is 4. The van der Waals surface area contributed by atoms with Crippen LogP contribution in [0.5, 0.6) is 5.75 Å². The molecule has 1 aromatic heterocycles. The molecule has 0 aliphatic heterocycles. The third-order valence-corrected chi connectivity index (χ3v) is 5.42. The normalized spacial score (nSPS) is 10.9. The van der Waals surface area contributed by atoms with Crippen LogP contribution in [0.25, 0.3) is 16.7 Å². The van der Waals surface area contributed by atoms with Gasteiger partial charge >= 0.3 is 0 Å². The van der Waals surface area contributed by atoms with Crippen molar-refractivity contribution in [3.05, 3.63) is 75.8 Å². The monoisotopic (exact) mass is 440 g/mol. The van der Waals surface area contributed by atoms with Gasteiger partial charge in [-0.15, -0.1) is 10.2 Å². The van der Waals surface area contributed by atoms with Gasteiger partial charge < -0.3 is 10.1 Å². The van der Waals surface area contributed by atoms with Gasteiger partial charge in [0.15, 0.2) is 6.61 Å². The van der Waals surface area contributed by atoms with Crippen molar-refractivity contribution in [2.75, 3.05) is 11.9 Å². The first-order chi connectivity index (χ1) is 14.4. The predicted molar refractivity (Wildman–Crippen MR) is 119 cm³/mol. The zero-order valence-corrected chi connectivity index (χ0v) is 17.8. The van der Waals surface area contributed by atoms with Crippen molar-refractivity contribution in [3.63, 3.8) is 0 Å². The van der Waals surface area contributed by atoms with Gasteiger partial charge in [0.05, 0.1) is 16.4 Å². The Balaban J connectivity index is 1.49. The molecule has 30 heavy (non-hydrogen) atoms. The molecule has 6 nitrogen and oxygen atoms in total. The average Bonchev–Trinajstić information content (AvgIpc) is 3.14. The lowest BCUT2D eigenvalue weighted by Gasteiger charge is -2.11. The smallest absolute Gasteiger partial charge is 0.262 e. The summed E-state index contributed by atoms with van der Waals surface area (Å²) in [6.45, 7) is 3.62. The first kappa shape index (κ1) is 20.2. The minimum atomic E-state index is -0.336. The number of ether oxygens (including phenoxy) is 1. The number of carbonyl (C=O) groups excluding carboxylic acids is 1. The van der Waals surface area contributed by atoms with E-state index in [1.807, 2.05) is 44.2 Å². The quantitative estimate of drug-likeness (QED) is 0.453. The zero-order valence-electron chi connectivity index (χ0n) is 16.3. The van der Waals surface area contributed by atoms with Crippen molar-refractivity contribution in [1.29, 1.82) is 0 Å². The van der Waals surface area contributed by atoms with Gasteiger partial charge in [0, 0.05) is 5.02 Å². The molecule has 0 spiro atoms. The first-order valence-electron chi connectivity index (χ1n) is 9.22. The molecule has 1 heterocycles. The summed E-state index contributed by atoms with van der Waals surface area (Å²) in [6.07, 6.45) is 0. The molecule has 4 rings (SSSR count). The van der Waals surface area contributed by atoms with Crippen LogP contribution in [0.3, 0.4) is 0 Å². The second kappa shape index (κ2) is 8.34. The van der Waals surface area contributed by atoms with E-state index in [2.05, 4.69) is 15.5 Å². The van der Waals surface area contributed by atoms with Gasteiger partial charge in [0.25, 0.3) is 5.91 Å². The molecular weight excluding hydrogens is 423 g/mol. The van der Waals surface area contributed by atoms with Crippen molar-refractivity contribution >= 4 is 45.8 Å². The van der Waals surface area contributed by atoms with Gasteiger partial charge in [-0.2, -0.15) is 4.80 Å². The lowest BCUT2D eigenvalue weighted by Crippen LogP contribution is -2.20. The predicted octanol–water partition coefficient (Wildman–Crippen LogP) is 5.36. The molecule has 0 fully saturated rings. The number of nitrogens with zero attached hydrogens (tertiary/aromatic N) is 3. The highest BCUT2D eigenvalue weighted by atomic mass is 35.5. The molecule has 0 atom stereocenters. The van der Waals surface area contributed by atoms with Crippen molar-refractivity contribution in [1.82, 2.24) is 15.0 Å². The number of para-hydroxylation sites is 1. The molecule has 0 radical (unpaired) electrons. The standard InChI is InChI=1S/C22H18Cl2N4O2/c1-13-8-16(9-14(2)22(13)24)30-12-21(29)25-18-11-20-19(10-17(18)23)26-28(27-20)15-6-4-3-5-7-15/h3-11H,12H2,1-2H3,(H,25,29). The Kier molecular flexibility index (Phi) is 5.61. The fraction of sp³-hybridized carbons (Fsp3) is 0.136. The van der Waals surface area contributed by atoms with Gasteiger partial charge in [-0.05, 0) is 61.4 Å². The number of anilines is 1. The van der Waals surface area contributed by atoms with Gasteiger partial charge in [-0.1, -0.05) is 41.4 Å². The highest BCUT2D eigenvalue weighted by molar-refractivity contribution is 6.34. The first-order valence-corrected chi connectivity index (χ1v) is 9.98. The summed E-state index contributed by atoms with van der Waals surface area (Å²) in [4.78, 5) is 13.9. The summed E-state index contributed by atoms with van der Waals surface area (Å²) in [5.41, 5.74) is 4.30. The number of carbonyl (C=O) groups is 1. The molecule has 4 aromatic rings. The number of halogens is 2. The van der Waals surface area contributed by atoms with Gasteiger partial charge in [-0.3, -0.25) is 4.79 Å². The lowest BCUT2D eigenvalue weighted by molar-refractivity contribution is -0.118. The SMILES string of the molecule is Cc1cc(OCC(=O)Nc2cc3nn(-c4ccccc4)nc3cc2Cl)cc(C)c1Cl. The summed E-state index contributed by atoms with van der Waals surface area (Å²) >= 11 is 12.5. The number of amides is 1. The largest absolute Gasteiger partial charge is 0.484 e. The molecule has 0 bridgehead atoms. The zero-order chi connectivity index (χ0) is 21.3. The van der Waals surface area contributed by atoms with E-state index >= 15 is 0 Å². The molecule has 0 saturated heterocycles. The van der Waals surface area contributed by atoms with E-state index in [-0.39, 0.29) is 12.5 Å². The van der Waals surface area contributed by atoms with Crippen LogP contribution in [0.4, 0.5) is 5.69 Å². The summed E-state index contributed by atoms with van der Waals surface area (Å²) in [7, 11) is 0. The maximum atomic E-state index is 12.4. The summed E-state index contributed by atoms with van der Waals surface area (Å²) in [5, 5.41) is 12.7. The fourth-order valence-electron chi connectivity index (χ4n) is 3.04. The highest BCUT2D eigenvalue weighted by Crippen LogP contribution is 2.28. The number of hydrogen-bond donors (Lipinski definition) is 1. The Labute approximate surface area is 183 Å². The van der Waals surface area contributed by atoms with Crippen LogP contribution in [0.15, 0.2) is 54.6 Å². The molecule has 8 heteroatoms. The van der Waals surface area contributed by atoms with Crippen LogP contribution in [0.2, 0.25) is 10.0 Å². The minimum absolute atomic E-state index is 0.161. The van der Waals surface area contributed by atoms with Crippen LogP contribution in [-0.4, -0.2) is 27.5 Å². The van der Waals surface area contributed by atoms with Crippen LogP contribution < -0.4 is 10.1 Å². The molecule has 1 N–H and O–H groups in total. The minimum Gasteiger partial charge on any atom is -0.484 e. The molecular formula is C22H18Cl2N4O2. The number of benzene rings is 3. The Morgan fingerprint density at radius 2 is 1.63 bits per heavy atom. The number of aromatic nitrogens is 3. The van der Waals surface area contributed by atoms with Crippen molar-refractivity contribution in [3.8, 4) is 11.4 Å². The van der Waals surface area contributed by atoms with Gasteiger partial charge in [0.2, 0.25) is 0 Å². The molecule has 0 aliphatic carbocycles. The van der Waals surface area contributed by atoms with E-state index in [9.17, 15) is 4.79 Å². The van der Waals surface area contributed by atoms with Gasteiger partial charge in [-0.25, -0.2) is 0 Å². The van der Waals surface area contributed by atoms with Crippen molar-refractivity contribution < 1.29 is 9.53 Å². The van der Waals surface area contributed by atoms with Crippen LogP contribution in [0.1, 0.15) is 11.1 Å². The maximum absolute atomic E-state index is 12.4. The third kappa shape index (κ3) is 4.25. The van der Waals surface area contributed by atoms with Crippen LogP contribution >= 0.6 is 23.2 Å². The van der Waals surface area contributed by atoms with Gasteiger partial charge in [0.1, 0.15) is 16.8 Å². The Bertz CT molecular complexity index is 1220. The fourth-order valence-corrected chi connectivity index (χ4v) is 3.35. The van der Waals surface area contributed by atoms with E-state index in [1.165, 1.54) is 4.80 Å². The second-order valence-electron chi connectivity index (χ2n) is 6.85. The number of nitrogens with one attached hydrogen (secondary N) is 1. The molecule has 152 valence electrons.